The zero-order valence-corrected chi connectivity index (χ0v) is 8.75. The van der Waals surface area contributed by atoms with Crippen LogP contribution < -0.4 is 5.31 Å². The fraction of sp³-hybridized carbons (Fsp3) is 0.889. The van der Waals surface area contributed by atoms with E-state index < -0.39 is 6.09 Å². The van der Waals surface area contributed by atoms with E-state index in [1.54, 1.807) is 0 Å². The molecule has 1 amide bonds. The van der Waals surface area contributed by atoms with Gasteiger partial charge in [-0.1, -0.05) is 6.92 Å². The van der Waals surface area contributed by atoms with Gasteiger partial charge < -0.3 is 14.9 Å². The van der Waals surface area contributed by atoms with Crippen molar-refractivity contribution in [1.29, 1.82) is 0 Å². The summed E-state index contributed by atoms with van der Waals surface area (Å²) in [5.41, 5.74) is 0. The third-order valence-electron chi connectivity index (χ3n) is 1.43. The first-order valence-electron chi connectivity index (χ1n) is 5.10. The zero-order valence-electron chi connectivity index (χ0n) is 9.75. The minimum absolute atomic E-state index is 0.391. The fourth-order valence-corrected chi connectivity index (χ4v) is 0.792. The Hall–Kier alpha value is -0.770. The van der Waals surface area contributed by atoms with Gasteiger partial charge in [0.05, 0.1) is 6.61 Å². The number of alkyl carbamates (subject to hydrolysis) is 1. The van der Waals surface area contributed by atoms with Gasteiger partial charge in [-0.3, -0.25) is 0 Å². The summed E-state index contributed by atoms with van der Waals surface area (Å²) < 4.78 is 12.1. The van der Waals surface area contributed by atoms with Crippen LogP contribution in [0, 0.1) is 0 Å². The maximum Gasteiger partial charge on any atom is 0.407 e. The lowest BCUT2D eigenvalue weighted by atomic mass is 10.4. The van der Waals surface area contributed by atoms with Crippen LogP contribution in [0.15, 0.2) is 0 Å². The van der Waals surface area contributed by atoms with E-state index >= 15 is 0 Å². The molecule has 4 nitrogen and oxygen atoms in total. The van der Waals surface area contributed by atoms with Crippen molar-refractivity contribution in [3.8, 4) is 0 Å². The summed E-state index contributed by atoms with van der Waals surface area (Å²) in [7, 11) is 3.92. The molecule has 0 aliphatic heterocycles. The molecule has 0 aromatic heterocycles. The van der Waals surface area contributed by atoms with Crippen molar-refractivity contribution in [2.75, 3.05) is 33.8 Å². The normalized spacial score (nSPS) is 11.2. The van der Waals surface area contributed by atoms with Gasteiger partial charge >= 0.3 is 6.09 Å². The van der Waals surface area contributed by atoms with Crippen LogP contribution in [0.25, 0.3) is 0 Å². The second kappa shape index (κ2) is 7.86. The summed E-state index contributed by atoms with van der Waals surface area (Å²) in [6.45, 7) is 3.60. The summed E-state index contributed by atoms with van der Waals surface area (Å²) in [5, 5.41) is 0.874. The van der Waals surface area contributed by atoms with Gasteiger partial charge in [0.1, 0.15) is 0 Å². The molecule has 0 aliphatic rings. The molecule has 0 rings (SSSR count). The molecule has 0 bridgehead atoms. The number of carbonyl (C=O) groups is 1. The molecular weight excluding hydrogens is 168 g/mol. The molecule has 0 saturated heterocycles. The molecule has 0 aliphatic carbocycles. The number of amides is 1. The van der Waals surface area contributed by atoms with Crippen molar-refractivity contribution in [2.45, 2.75) is 19.8 Å². The van der Waals surface area contributed by atoms with E-state index in [-0.39, 0.29) is 0 Å². The van der Waals surface area contributed by atoms with Crippen molar-refractivity contribution in [3.05, 3.63) is 0 Å². The smallest absolute Gasteiger partial charge is 0.407 e. The maximum absolute atomic E-state index is 11.1. The number of hydrogen-bond donors (Lipinski definition) is 1. The Morgan fingerprint density at radius 2 is 2.31 bits per heavy atom. The highest BCUT2D eigenvalue weighted by atomic mass is 16.5. The van der Waals surface area contributed by atoms with Crippen molar-refractivity contribution >= 4 is 6.09 Å². The Bertz CT molecular complexity index is 165. The summed E-state index contributed by atoms with van der Waals surface area (Å²) in [6.07, 6.45) is 1.03. The van der Waals surface area contributed by atoms with E-state index in [4.69, 9.17) is 6.15 Å². The maximum atomic E-state index is 11.1. The Balaban J connectivity index is 3.51. The second-order valence-electron chi connectivity index (χ2n) is 3.15. The van der Waals surface area contributed by atoms with Crippen LogP contribution in [-0.4, -0.2) is 44.8 Å². The minimum atomic E-state index is -0.550. The third kappa shape index (κ3) is 9.14. The van der Waals surface area contributed by atoms with E-state index in [0.29, 0.717) is 13.2 Å². The highest BCUT2D eigenvalue weighted by molar-refractivity contribution is 5.66. The summed E-state index contributed by atoms with van der Waals surface area (Å²) in [5.74, 6) is 0. The molecule has 0 atom stereocenters. The zero-order chi connectivity index (χ0) is 11.0. The number of hydrogen-bond acceptors (Lipinski definition) is 3. The molecule has 0 aromatic rings. The standard InChI is InChI=1S/C9H20N2O2/c1-4-8-13-9(12)10-6-5-7-11(2)3/h4-8H2,1-3H3,(H,10,12)/i/hD. The van der Waals surface area contributed by atoms with Crippen molar-refractivity contribution in [1.82, 2.24) is 10.2 Å². The first-order chi connectivity index (χ1) is 6.57. The predicted octanol–water partition coefficient (Wildman–Crippen LogP) is 1.07. The lowest BCUT2D eigenvalue weighted by Crippen LogP contribution is -2.27. The molecule has 13 heavy (non-hydrogen) atoms. The number of carbonyl (C=O) groups excluding carboxylic acids is 1. The van der Waals surface area contributed by atoms with Gasteiger partial charge in [0, 0.05) is 6.54 Å². The summed E-state index contributed by atoms with van der Waals surface area (Å²) >= 11 is 0. The highest BCUT2D eigenvalue weighted by Crippen LogP contribution is 1.84. The van der Waals surface area contributed by atoms with Crippen molar-refractivity contribution < 1.29 is 10.9 Å². The van der Waals surface area contributed by atoms with E-state index in [2.05, 4.69) is 0 Å². The molecule has 0 heterocycles. The Labute approximate surface area is 81.7 Å². The first kappa shape index (κ1) is 10.3. The number of nitrogens with one attached hydrogen (secondary N) is 1. The van der Waals surface area contributed by atoms with Gasteiger partial charge in [0.25, 0.3) is 0 Å². The molecule has 78 valence electrons. The van der Waals surface area contributed by atoms with Crippen LogP contribution in [0.2, 0.25) is 1.41 Å². The Kier molecular flexibility index (Phi) is 6.23. The molecule has 0 saturated carbocycles. The lowest BCUT2D eigenvalue weighted by molar-refractivity contribution is 0.146. The molecule has 1 N–H and O–H groups in total. The molecule has 0 radical (unpaired) electrons. The molecule has 0 spiro atoms. The number of rotatable bonds is 6. The third-order valence-corrected chi connectivity index (χ3v) is 1.43. The first-order valence-corrected chi connectivity index (χ1v) is 4.65. The largest absolute Gasteiger partial charge is 0.450 e. The van der Waals surface area contributed by atoms with Crippen LogP contribution >= 0.6 is 0 Å². The van der Waals surface area contributed by atoms with E-state index in [0.717, 1.165) is 24.7 Å². The van der Waals surface area contributed by atoms with Crippen LogP contribution in [0.4, 0.5) is 4.79 Å². The minimum Gasteiger partial charge on any atom is -0.450 e. The Morgan fingerprint density at radius 1 is 1.62 bits per heavy atom. The van der Waals surface area contributed by atoms with Gasteiger partial charge in [-0.2, -0.15) is 0 Å². The van der Waals surface area contributed by atoms with Gasteiger partial charge in [-0.15, -0.1) is 0 Å². The highest BCUT2D eigenvalue weighted by Gasteiger charge is 1.98. The van der Waals surface area contributed by atoms with Crippen LogP contribution in [0.3, 0.4) is 0 Å². The average Bonchev–Trinajstić information content (AvgIpc) is 2.13. The monoisotopic (exact) mass is 189 g/mol. The average molecular weight is 189 g/mol. The van der Waals surface area contributed by atoms with Crippen molar-refractivity contribution in [3.63, 3.8) is 0 Å². The summed E-state index contributed by atoms with van der Waals surface area (Å²) in [4.78, 5) is 13.1. The Morgan fingerprint density at radius 3 is 2.85 bits per heavy atom. The van der Waals surface area contributed by atoms with Crippen LogP contribution in [0.5, 0.6) is 0 Å². The van der Waals surface area contributed by atoms with Crippen molar-refractivity contribution in [2.24, 2.45) is 0 Å². The van der Waals surface area contributed by atoms with Gasteiger partial charge in [0.2, 0.25) is 0 Å². The van der Waals surface area contributed by atoms with E-state index in [9.17, 15) is 4.79 Å². The van der Waals surface area contributed by atoms with E-state index in [1.165, 1.54) is 0 Å². The fourth-order valence-electron chi connectivity index (χ4n) is 0.792. The second-order valence-corrected chi connectivity index (χ2v) is 3.15. The lowest BCUT2D eigenvalue weighted by Gasteiger charge is -2.09. The van der Waals surface area contributed by atoms with Gasteiger partial charge in [-0.25, -0.2) is 4.79 Å². The molecule has 0 fully saturated rings. The molecule has 0 unspecified atom stereocenters. The quantitative estimate of drug-likeness (QED) is 0.679. The number of ether oxygens (including phenoxy) is 1. The number of nitrogens with zero attached hydrogens (tertiary/aromatic N) is 1. The van der Waals surface area contributed by atoms with Gasteiger partial charge in [-0.05, 0) is 33.5 Å². The SMILES string of the molecule is [2H]N(CCCN(C)C)C(=O)OCCC. The molecule has 0 aromatic carbocycles. The topological polar surface area (TPSA) is 41.6 Å². The molecule has 4 heteroatoms. The predicted molar refractivity (Wildman–Crippen MR) is 52.8 cm³/mol. The van der Waals surface area contributed by atoms with Gasteiger partial charge in [0.15, 0.2) is 1.41 Å². The van der Waals surface area contributed by atoms with Crippen LogP contribution in [-0.2, 0) is 4.74 Å². The summed E-state index contributed by atoms with van der Waals surface area (Å²) in [6, 6.07) is 0. The van der Waals surface area contributed by atoms with E-state index in [1.807, 2.05) is 25.9 Å². The molecular formula is C9H20N2O2. The van der Waals surface area contributed by atoms with Crippen LogP contribution in [0.1, 0.15) is 19.8 Å².